The molecule has 1 aliphatic carbocycles. The first-order chi connectivity index (χ1) is 16.7. The second kappa shape index (κ2) is 12.9. The van der Waals surface area contributed by atoms with Crippen LogP contribution in [0.25, 0.3) is 11.1 Å². The molecule has 36 heavy (non-hydrogen) atoms. The number of rotatable bonds is 8. The van der Waals surface area contributed by atoms with E-state index in [4.69, 9.17) is 20.6 Å². The van der Waals surface area contributed by atoms with Gasteiger partial charge in [0.15, 0.2) is 6.61 Å². The number of nitrogens with two attached hydrogens (primary N) is 1. The van der Waals surface area contributed by atoms with Crippen LogP contribution < -0.4 is 15.8 Å². The number of carbonyl (C=O) groups is 3. The normalized spacial score (nSPS) is 16.8. The molecule has 2 aromatic rings. The average Bonchev–Trinajstić information content (AvgIpc) is 2.87. The molecule has 2 amide bonds. The zero-order chi connectivity index (χ0) is 25.5. The largest absolute Gasteiger partial charge is 0.496 e. The third-order valence-electron chi connectivity index (χ3n) is 6.21. The van der Waals surface area contributed by atoms with Crippen molar-refractivity contribution in [2.45, 2.75) is 31.7 Å². The van der Waals surface area contributed by atoms with Gasteiger partial charge in [-0.2, -0.15) is 0 Å². The quantitative estimate of drug-likeness (QED) is 0.280. The number of nitrogens with one attached hydrogen (secondary N) is 2. The van der Waals surface area contributed by atoms with Crippen molar-refractivity contribution in [3.8, 4) is 16.9 Å². The van der Waals surface area contributed by atoms with Gasteiger partial charge in [-0.25, -0.2) is 0 Å². The number of carbonyl (C=O) groups excluding carboxylic acids is 3. The molecular weight excluding hydrogens is 484 g/mol. The maximum absolute atomic E-state index is 13.1. The fourth-order valence-corrected chi connectivity index (χ4v) is 4.02. The van der Waals surface area contributed by atoms with E-state index < -0.39 is 0 Å². The van der Waals surface area contributed by atoms with Gasteiger partial charge in [-0.1, -0.05) is 30.3 Å². The smallest absolute Gasteiger partial charge is 0.309 e. The van der Waals surface area contributed by atoms with Crippen LogP contribution in [0.3, 0.4) is 0 Å². The van der Waals surface area contributed by atoms with Crippen molar-refractivity contribution in [2.24, 2.45) is 11.7 Å². The highest BCUT2D eigenvalue weighted by Gasteiger charge is 2.29. The van der Waals surface area contributed by atoms with E-state index in [1.54, 1.807) is 38.4 Å². The summed E-state index contributed by atoms with van der Waals surface area (Å²) < 4.78 is 10.6. The monoisotopic (exact) mass is 516 g/mol. The summed E-state index contributed by atoms with van der Waals surface area (Å²) in [7, 11) is 4.74. The number of nitrogens with zero attached hydrogens (tertiary/aromatic N) is 1. The highest BCUT2D eigenvalue weighted by Crippen LogP contribution is 2.29. The number of hydrogen-bond donors (Lipinski definition) is 3. The van der Waals surface area contributed by atoms with Crippen LogP contribution in [0.15, 0.2) is 42.5 Å². The molecule has 0 heterocycles. The van der Waals surface area contributed by atoms with E-state index in [9.17, 15) is 14.4 Å². The van der Waals surface area contributed by atoms with Gasteiger partial charge < -0.3 is 25.4 Å². The molecule has 0 aromatic heterocycles. The number of hydrogen-bond acceptors (Lipinski definition) is 6. The van der Waals surface area contributed by atoms with Crippen molar-refractivity contribution in [3.63, 3.8) is 0 Å². The minimum Gasteiger partial charge on any atom is -0.496 e. The minimum absolute atomic E-state index is 0. The predicted molar refractivity (Wildman–Crippen MR) is 140 cm³/mol. The van der Waals surface area contributed by atoms with Crippen molar-refractivity contribution in [3.05, 3.63) is 53.6 Å². The van der Waals surface area contributed by atoms with Gasteiger partial charge in [0.25, 0.3) is 11.8 Å². The molecule has 0 saturated heterocycles. The fraction of sp³-hybridized carbons (Fsp3) is 0.385. The summed E-state index contributed by atoms with van der Waals surface area (Å²) in [6, 6.07) is 12.6. The summed E-state index contributed by atoms with van der Waals surface area (Å²) in [6.07, 6.45) is 2.45. The fourth-order valence-electron chi connectivity index (χ4n) is 4.02. The molecule has 0 aliphatic heterocycles. The van der Waals surface area contributed by atoms with Gasteiger partial charge in [0.1, 0.15) is 11.6 Å². The third kappa shape index (κ3) is 7.21. The van der Waals surface area contributed by atoms with Crippen LogP contribution in [0, 0.1) is 11.3 Å². The van der Waals surface area contributed by atoms with Gasteiger partial charge in [0.2, 0.25) is 0 Å². The van der Waals surface area contributed by atoms with Crippen LogP contribution in [0.2, 0.25) is 0 Å². The second-order valence-corrected chi connectivity index (χ2v) is 8.82. The van der Waals surface area contributed by atoms with Gasteiger partial charge in [-0.05, 0) is 48.9 Å². The molecule has 3 rings (SSSR count). The van der Waals surface area contributed by atoms with Crippen LogP contribution in [0.1, 0.15) is 41.6 Å². The summed E-state index contributed by atoms with van der Waals surface area (Å²) in [6.45, 7) is -0.254. The van der Waals surface area contributed by atoms with E-state index in [1.807, 2.05) is 18.2 Å². The molecule has 1 fully saturated rings. The lowest BCUT2D eigenvalue weighted by Gasteiger charge is -2.28. The predicted octanol–water partition coefficient (Wildman–Crippen LogP) is 2.99. The maximum atomic E-state index is 13.1. The van der Waals surface area contributed by atoms with Crippen LogP contribution in [-0.4, -0.2) is 62.4 Å². The van der Waals surface area contributed by atoms with E-state index in [0.717, 1.165) is 11.1 Å². The number of amidine groups is 1. The number of nitrogen functional groups attached to an aromatic ring is 1. The molecule has 0 spiro atoms. The number of ether oxygens (including phenoxy) is 2. The molecular formula is C26H33ClN4O5. The number of benzene rings is 2. The topological polar surface area (TPSA) is 135 Å². The average molecular weight is 517 g/mol. The molecule has 0 bridgehead atoms. The second-order valence-electron chi connectivity index (χ2n) is 8.82. The van der Waals surface area contributed by atoms with Crippen LogP contribution >= 0.6 is 12.4 Å². The van der Waals surface area contributed by atoms with Gasteiger partial charge in [-0.3, -0.25) is 19.8 Å². The zero-order valence-electron chi connectivity index (χ0n) is 20.7. The molecule has 0 atom stereocenters. The first-order valence-electron chi connectivity index (χ1n) is 11.5. The standard InChI is InChI=1S/C26H32N4O5.ClH/c1-30(2)23(31)15-35-26(33)18-8-11-20(12-9-18)29-25(32)21-14-19(10-13-22(21)34-3)16-4-6-17(7-5-16)24(27)28;/h4-7,10,13-14,18,20H,8-9,11-12,15H2,1-3H3,(H3,27,28)(H,29,32);1H. The van der Waals surface area contributed by atoms with E-state index in [1.165, 1.54) is 12.0 Å². The highest BCUT2D eigenvalue weighted by molar-refractivity contribution is 5.99. The summed E-state index contributed by atoms with van der Waals surface area (Å²) in [5.74, 6) is -0.674. The van der Waals surface area contributed by atoms with Crippen molar-refractivity contribution in [1.82, 2.24) is 10.2 Å². The first-order valence-corrected chi connectivity index (χ1v) is 11.5. The number of halogens is 1. The van der Waals surface area contributed by atoms with Gasteiger partial charge >= 0.3 is 5.97 Å². The SMILES string of the molecule is COc1ccc(-c2ccc(C(=N)N)cc2)cc1C(=O)NC1CCC(C(=O)OCC(=O)N(C)C)CC1.Cl. The first kappa shape index (κ1) is 28.6. The Hall–Kier alpha value is -3.59. The maximum Gasteiger partial charge on any atom is 0.309 e. The molecule has 2 aromatic carbocycles. The van der Waals surface area contributed by atoms with Gasteiger partial charge in [-0.15, -0.1) is 12.4 Å². The van der Waals surface area contributed by atoms with E-state index in [2.05, 4.69) is 5.32 Å². The molecule has 1 saturated carbocycles. The van der Waals surface area contributed by atoms with Crippen LogP contribution in [0.5, 0.6) is 5.75 Å². The van der Waals surface area contributed by atoms with E-state index in [-0.39, 0.29) is 54.6 Å². The number of esters is 1. The van der Waals surface area contributed by atoms with E-state index >= 15 is 0 Å². The lowest BCUT2D eigenvalue weighted by atomic mass is 9.86. The molecule has 1 aliphatic rings. The summed E-state index contributed by atoms with van der Waals surface area (Å²) in [5.41, 5.74) is 8.30. The number of likely N-dealkylation sites (N-methyl/N-ethyl adjacent to an activating group) is 1. The Morgan fingerprint density at radius 3 is 2.19 bits per heavy atom. The van der Waals surface area contributed by atoms with Gasteiger partial charge in [0.05, 0.1) is 18.6 Å². The number of amides is 2. The summed E-state index contributed by atoms with van der Waals surface area (Å²) >= 11 is 0. The molecule has 0 radical (unpaired) electrons. The molecule has 9 nitrogen and oxygen atoms in total. The third-order valence-corrected chi connectivity index (χ3v) is 6.21. The van der Waals surface area contributed by atoms with Crippen molar-refractivity contribution >= 4 is 36.0 Å². The minimum atomic E-state index is -0.366. The van der Waals surface area contributed by atoms with Crippen molar-refractivity contribution in [2.75, 3.05) is 27.8 Å². The molecule has 4 N–H and O–H groups in total. The Labute approximate surface area is 217 Å². The molecule has 0 unspecified atom stereocenters. The van der Waals surface area contributed by atoms with Gasteiger partial charge in [0, 0.05) is 25.7 Å². The van der Waals surface area contributed by atoms with Crippen molar-refractivity contribution < 1.29 is 23.9 Å². The lowest BCUT2D eigenvalue weighted by Crippen LogP contribution is -2.39. The Morgan fingerprint density at radius 1 is 1.03 bits per heavy atom. The Morgan fingerprint density at radius 2 is 1.64 bits per heavy atom. The molecule has 194 valence electrons. The summed E-state index contributed by atoms with van der Waals surface area (Å²) in [4.78, 5) is 38.4. The summed E-state index contributed by atoms with van der Waals surface area (Å²) in [5, 5.41) is 10.6. The number of methoxy groups -OCH3 is 1. The van der Waals surface area contributed by atoms with Crippen LogP contribution in [0.4, 0.5) is 0 Å². The van der Waals surface area contributed by atoms with Crippen molar-refractivity contribution in [1.29, 1.82) is 5.41 Å². The Balaban J connectivity index is 0.00000456. The zero-order valence-corrected chi connectivity index (χ0v) is 21.5. The molecule has 10 heteroatoms. The highest BCUT2D eigenvalue weighted by atomic mass is 35.5. The van der Waals surface area contributed by atoms with E-state index in [0.29, 0.717) is 42.6 Å². The Bertz CT molecular complexity index is 1100. The Kier molecular flexibility index (Phi) is 10.3. The lowest BCUT2D eigenvalue weighted by molar-refractivity contribution is -0.155. The van der Waals surface area contributed by atoms with Crippen LogP contribution in [-0.2, 0) is 14.3 Å².